The number of nitrogens with two attached hydrogens (primary N) is 1. The lowest BCUT2D eigenvalue weighted by atomic mass is 9.79. The van der Waals surface area contributed by atoms with Crippen LogP contribution in [0.4, 0.5) is 5.82 Å². The first kappa shape index (κ1) is 18.7. The second-order valence-electron chi connectivity index (χ2n) is 8.97. The molecule has 2 saturated heterocycles. The number of piperidine rings is 1. The molecule has 1 atom stereocenters. The molecule has 1 amide bonds. The molecule has 1 aromatic rings. The van der Waals surface area contributed by atoms with Crippen LogP contribution in [0.3, 0.4) is 0 Å². The smallest absolute Gasteiger partial charge is 0.268 e. The van der Waals surface area contributed by atoms with E-state index in [1.807, 2.05) is 0 Å². The Labute approximate surface area is 162 Å². The van der Waals surface area contributed by atoms with Gasteiger partial charge in [-0.15, -0.1) is 0 Å². The standard InChI is InChI=1S/C21H33N5O/c22-20(27)18-13-23-14-19(24-18)26-12-9-21(16-26)8-4-10-25(15-21)11-7-17-5-2-1-3-6-17/h13-14,17H,1-12,15-16H2,(H2,22,27)/t21-/m1/s1. The van der Waals surface area contributed by atoms with Gasteiger partial charge in [0.25, 0.3) is 5.91 Å². The van der Waals surface area contributed by atoms with Gasteiger partial charge in [0.05, 0.1) is 12.4 Å². The summed E-state index contributed by atoms with van der Waals surface area (Å²) >= 11 is 0. The van der Waals surface area contributed by atoms with Crippen LogP contribution in [0.1, 0.15) is 68.3 Å². The molecule has 0 bridgehead atoms. The summed E-state index contributed by atoms with van der Waals surface area (Å²) < 4.78 is 0. The first-order chi connectivity index (χ1) is 13.1. The third-order valence-corrected chi connectivity index (χ3v) is 6.96. The fourth-order valence-corrected chi connectivity index (χ4v) is 5.43. The highest BCUT2D eigenvalue weighted by molar-refractivity contribution is 5.90. The van der Waals surface area contributed by atoms with Crippen LogP contribution in [0.15, 0.2) is 12.4 Å². The fraction of sp³-hybridized carbons (Fsp3) is 0.762. The minimum Gasteiger partial charge on any atom is -0.364 e. The van der Waals surface area contributed by atoms with Crippen LogP contribution < -0.4 is 10.6 Å². The third kappa shape index (κ3) is 4.42. The van der Waals surface area contributed by atoms with Gasteiger partial charge in [0.15, 0.2) is 0 Å². The molecule has 1 spiro atoms. The molecule has 0 unspecified atom stereocenters. The molecular weight excluding hydrogens is 338 g/mol. The van der Waals surface area contributed by atoms with Crippen molar-refractivity contribution < 1.29 is 4.79 Å². The molecule has 1 aromatic heterocycles. The van der Waals surface area contributed by atoms with Crippen molar-refractivity contribution in [2.75, 3.05) is 37.6 Å². The van der Waals surface area contributed by atoms with E-state index in [1.165, 1.54) is 83.6 Å². The molecule has 6 heteroatoms. The Morgan fingerprint density at radius 3 is 2.78 bits per heavy atom. The molecule has 3 heterocycles. The zero-order valence-corrected chi connectivity index (χ0v) is 16.4. The summed E-state index contributed by atoms with van der Waals surface area (Å²) in [6.45, 7) is 5.74. The average molecular weight is 372 g/mol. The van der Waals surface area contributed by atoms with Crippen LogP contribution in [0.2, 0.25) is 0 Å². The highest BCUT2D eigenvalue weighted by Gasteiger charge is 2.41. The second kappa shape index (κ2) is 8.13. The normalized spacial score (nSPS) is 27.3. The molecule has 1 saturated carbocycles. The highest BCUT2D eigenvalue weighted by Crippen LogP contribution is 2.40. The third-order valence-electron chi connectivity index (χ3n) is 6.96. The van der Waals surface area contributed by atoms with Crippen LogP contribution in [0.25, 0.3) is 0 Å². The van der Waals surface area contributed by atoms with E-state index in [0.717, 1.165) is 24.8 Å². The Bertz CT molecular complexity index is 660. The Kier molecular flexibility index (Phi) is 5.62. The fourth-order valence-electron chi connectivity index (χ4n) is 5.43. The van der Waals surface area contributed by atoms with Gasteiger partial charge in [-0.3, -0.25) is 9.78 Å². The highest BCUT2D eigenvalue weighted by atomic mass is 16.1. The second-order valence-corrected chi connectivity index (χ2v) is 8.97. The molecule has 3 aliphatic rings. The van der Waals surface area contributed by atoms with E-state index in [2.05, 4.69) is 19.8 Å². The topological polar surface area (TPSA) is 75.4 Å². The largest absolute Gasteiger partial charge is 0.364 e. The molecule has 3 fully saturated rings. The number of rotatable bonds is 5. The van der Waals surface area contributed by atoms with E-state index >= 15 is 0 Å². The van der Waals surface area contributed by atoms with Gasteiger partial charge in [-0.1, -0.05) is 32.1 Å². The molecular formula is C21H33N5O. The number of anilines is 1. The number of aromatic nitrogens is 2. The molecule has 4 rings (SSSR count). The van der Waals surface area contributed by atoms with Gasteiger partial charge in [-0.2, -0.15) is 0 Å². The van der Waals surface area contributed by atoms with Crippen LogP contribution >= 0.6 is 0 Å². The van der Waals surface area contributed by atoms with Crippen LogP contribution in [0, 0.1) is 11.3 Å². The van der Waals surface area contributed by atoms with Crippen molar-refractivity contribution in [3.05, 3.63) is 18.1 Å². The van der Waals surface area contributed by atoms with E-state index in [4.69, 9.17) is 5.73 Å². The zero-order valence-electron chi connectivity index (χ0n) is 16.4. The van der Waals surface area contributed by atoms with E-state index in [9.17, 15) is 4.79 Å². The minimum atomic E-state index is -0.509. The predicted molar refractivity (Wildman–Crippen MR) is 107 cm³/mol. The van der Waals surface area contributed by atoms with Crippen molar-refractivity contribution >= 4 is 11.7 Å². The molecule has 0 aromatic carbocycles. The summed E-state index contributed by atoms with van der Waals surface area (Å²) in [4.78, 5) is 25.0. The number of primary amides is 1. The van der Waals surface area contributed by atoms with Gasteiger partial charge in [-0.25, -0.2) is 4.98 Å². The Balaban J connectivity index is 1.34. The van der Waals surface area contributed by atoms with Crippen LogP contribution in [-0.2, 0) is 0 Å². The number of carbonyl (C=O) groups is 1. The van der Waals surface area contributed by atoms with Crippen molar-refractivity contribution in [1.82, 2.24) is 14.9 Å². The molecule has 2 aliphatic heterocycles. The lowest BCUT2D eigenvalue weighted by Crippen LogP contribution is -2.45. The van der Waals surface area contributed by atoms with Gasteiger partial charge in [0, 0.05) is 25.0 Å². The molecule has 148 valence electrons. The van der Waals surface area contributed by atoms with Crippen molar-refractivity contribution in [2.24, 2.45) is 17.1 Å². The van der Waals surface area contributed by atoms with Crippen molar-refractivity contribution in [2.45, 2.75) is 57.8 Å². The van der Waals surface area contributed by atoms with Gasteiger partial charge in [0.2, 0.25) is 0 Å². The van der Waals surface area contributed by atoms with Crippen LogP contribution in [0.5, 0.6) is 0 Å². The predicted octanol–water partition coefficient (Wildman–Crippen LogP) is 2.84. The average Bonchev–Trinajstić information content (AvgIpc) is 3.10. The van der Waals surface area contributed by atoms with Gasteiger partial charge in [-0.05, 0) is 44.7 Å². The monoisotopic (exact) mass is 371 g/mol. The van der Waals surface area contributed by atoms with E-state index in [-0.39, 0.29) is 5.69 Å². The van der Waals surface area contributed by atoms with Crippen molar-refractivity contribution in [1.29, 1.82) is 0 Å². The molecule has 27 heavy (non-hydrogen) atoms. The van der Waals surface area contributed by atoms with Crippen molar-refractivity contribution in [3.8, 4) is 0 Å². The van der Waals surface area contributed by atoms with E-state index in [0.29, 0.717) is 5.41 Å². The lowest BCUT2D eigenvalue weighted by Gasteiger charge is -2.41. The summed E-state index contributed by atoms with van der Waals surface area (Å²) in [5.74, 6) is 1.25. The molecule has 6 nitrogen and oxygen atoms in total. The quantitative estimate of drug-likeness (QED) is 0.861. The Morgan fingerprint density at radius 2 is 1.96 bits per heavy atom. The van der Waals surface area contributed by atoms with Gasteiger partial charge < -0.3 is 15.5 Å². The number of hydrogen-bond donors (Lipinski definition) is 1. The number of nitrogens with zero attached hydrogens (tertiary/aromatic N) is 4. The van der Waals surface area contributed by atoms with Crippen molar-refractivity contribution in [3.63, 3.8) is 0 Å². The summed E-state index contributed by atoms with van der Waals surface area (Å²) in [5, 5.41) is 0. The molecule has 2 N–H and O–H groups in total. The maximum atomic E-state index is 11.4. The first-order valence-corrected chi connectivity index (χ1v) is 10.7. The van der Waals surface area contributed by atoms with E-state index < -0.39 is 5.91 Å². The Hall–Kier alpha value is -1.69. The van der Waals surface area contributed by atoms with Crippen LogP contribution in [-0.4, -0.2) is 53.5 Å². The summed E-state index contributed by atoms with van der Waals surface area (Å²) in [6.07, 6.45) is 15.6. The summed E-state index contributed by atoms with van der Waals surface area (Å²) in [7, 11) is 0. The van der Waals surface area contributed by atoms with Gasteiger partial charge >= 0.3 is 0 Å². The zero-order chi connectivity index (χ0) is 18.7. The number of amides is 1. The number of likely N-dealkylation sites (tertiary alicyclic amines) is 1. The number of hydrogen-bond acceptors (Lipinski definition) is 5. The summed E-state index contributed by atoms with van der Waals surface area (Å²) in [5.41, 5.74) is 5.99. The van der Waals surface area contributed by atoms with Gasteiger partial charge in [0.1, 0.15) is 11.5 Å². The van der Waals surface area contributed by atoms with E-state index in [1.54, 1.807) is 6.20 Å². The number of carbonyl (C=O) groups excluding carboxylic acids is 1. The first-order valence-electron chi connectivity index (χ1n) is 10.7. The molecule has 1 aliphatic carbocycles. The minimum absolute atomic E-state index is 0.256. The SMILES string of the molecule is NC(=O)c1cncc(N2CC[C@@]3(CCCN(CCC4CCCCC4)C3)C2)n1. The maximum absolute atomic E-state index is 11.4. The Morgan fingerprint density at radius 1 is 1.11 bits per heavy atom. The lowest BCUT2D eigenvalue weighted by molar-refractivity contribution is 0.0970. The molecule has 0 radical (unpaired) electrons. The maximum Gasteiger partial charge on any atom is 0.268 e. The summed E-state index contributed by atoms with van der Waals surface area (Å²) in [6, 6.07) is 0.